The van der Waals surface area contributed by atoms with Crippen LogP contribution >= 0.6 is 11.3 Å². The molecule has 3 rings (SSSR count). The fourth-order valence-electron chi connectivity index (χ4n) is 2.59. The zero-order valence-electron chi connectivity index (χ0n) is 12.0. The maximum absolute atomic E-state index is 12.1. The zero-order valence-corrected chi connectivity index (χ0v) is 12.9. The molecule has 7 heteroatoms. The van der Waals surface area contributed by atoms with Gasteiger partial charge in [-0.05, 0) is 12.8 Å². The van der Waals surface area contributed by atoms with Crippen molar-refractivity contribution in [2.75, 3.05) is 44.8 Å². The molecule has 3 heterocycles. The van der Waals surface area contributed by atoms with Crippen molar-refractivity contribution in [1.82, 2.24) is 9.88 Å². The Morgan fingerprint density at radius 3 is 2.76 bits per heavy atom. The highest BCUT2D eigenvalue weighted by Gasteiger charge is 2.22. The van der Waals surface area contributed by atoms with E-state index in [4.69, 9.17) is 9.47 Å². The second kappa shape index (κ2) is 7.31. The van der Waals surface area contributed by atoms with E-state index in [0.717, 1.165) is 51.4 Å². The molecule has 6 nitrogen and oxygen atoms in total. The summed E-state index contributed by atoms with van der Waals surface area (Å²) in [6.45, 7) is 5.65. The van der Waals surface area contributed by atoms with Crippen LogP contribution in [0.4, 0.5) is 5.13 Å². The van der Waals surface area contributed by atoms with Gasteiger partial charge in [0.2, 0.25) is 5.91 Å². The van der Waals surface area contributed by atoms with E-state index in [9.17, 15) is 4.79 Å². The fourth-order valence-corrected chi connectivity index (χ4v) is 3.30. The van der Waals surface area contributed by atoms with E-state index in [1.807, 2.05) is 5.38 Å². The summed E-state index contributed by atoms with van der Waals surface area (Å²) < 4.78 is 10.6. The van der Waals surface area contributed by atoms with Gasteiger partial charge in [0.1, 0.15) is 0 Å². The van der Waals surface area contributed by atoms with Crippen molar-refractivity contribution in [1.29, 1.82) is 0 Å². The Morgan fingerprint density at radius 1 is 1.29 bits per heavy atom. The zero-order chi connectivity index (χ0) is 14.5. The highest BCUT2D eigenvalue weighted by molar-refractivity contribution is 7.13. The van der Waals surface area contributed by atoms with Gasteiger partial charge < -0.3 is 14.8 Å². The molecule has 0 unspecified atom stereocenters. The number of morpholine rings is 1. The second-order valence-corrected chi connectivity index (χ2v) is 6.27. The van der Waals surface area contributed by atoms with Gasteiger partial charge in [-0.2, -0.15) is 0 Å². The highest BCUT2D eigenvalue weighted by Crippen LogP contribution is 2.21. The average Bonchev–Trinajstić information content (AvgIpc) is 2.96. The average molecular weight is 311 g/mol. The number of rotatable bonds is 4. The lowest BCUT2D eigenvalue weighted by Gasteiger charge is -2.25. The van der Waals surface area contributed by atoms with Crippen LogP contribution in [0.15, 0.2) is 5.38 Å². The minimum atomic E-state index is 0.0605. The third-order valence-electron chi connectivity index (χ3n) is 3.86. The number of aromatic nitrogens is 1. The van der Waals surface area contributed by atoms with E-state index >= 15 is 0 Å². The first kappa shape index (κ1) is 14.9. The number of hydrogen-bond acceptors (Lipinski definition) is 6. The van der Waals surface area contributed by atoms with E-state index in [-0.39, 0.29) is 11.8 Å². The molecule has 0 bridgehead atoms. The van der Waals surface area contributed by atoms with Gasteiger partial charge in [-0.1, -0.05) is 0 Å². The van der Waals surface area contributed by atoms with Crippen molar-refractivity contribution in [3.05, 3.63) is 11.1 Å². The van der Waals surface area contributed by atoms with Crippen LogP contribution in [0.3, 0.4) is 0 Å². The largest absolute Gasteiger partial charge is 0.381 e. The van der Waals surface area contributed by atoms with Gasteiger partial charge >= 0.3 is 0 Å². The lowest BCUT2D eigenvalue weighted by atomic mass is 10.00. The molecular weight excluding hydrogens is 290 g/mol. The quantitative estimate of drug-likeness (QED) is 0.909. The minimum absolute atomic E-state index is 0.0605. The Kier molecular flexibility index (Phi) is 5.18. The Labute approximate surface area is 128 Å². The summed E-state index contributed by atoms with van der Waals surface area (Å²) in [5, 5.41) is 5.67. The number of amides is 1. The number of nitrogens with one attached hydrogen (secondary N) is 1. The van der Waals surface area contributed by atoms with Crippen LogP contribution < -0.4 is 5.32 Å². The number of carbonyl (C=O) groups excluding carboxylic acids is 1. The van der Waals surface area contributed by atoms with Crippen LogP contribution in [-0.2, 0) is 20.8 Å². The van der Waals surface area contributed by atoms with Crippen molar-refractivity contribution in [2.24, 2.45) is 5.92 Å². The third kappa shape index (κ3) is 4.23. The number of hydrogen-bond donors (Lipinski definition) is 1. The molecule has 0 radical (unpaired) electrons. The van der Waals surface area contributed by atoms with E-state index < -0.39 is 0 Å². The summed E-state index contributed by atoms with van der Waals surface area (Å²) in [7, 11) is 0. The maximum Gasteiger partial charge on any atom is 0.229 e. The van der Waals surface area contributed by atoms with E-state index in [0.29, 0.717) is 18.3 Å². The van der Waals surface area contributed by atoms with Crippen LogP contribution in [-0.4, -0.2) is 55.3 Å². The predicted molar refractivity (Wildman–Crippen MR) is 80.4 cm³/mol. The van der Waals surface area contributed by atoms with Crippen molar-refractivity contribution < 1.29 is 14.3 Å². The van der Waals surface area contributed by atoms with E-state index in [2.05, 4.69) is 15.2 Å². The van der Waals surface area contributed by atoms with Gasteiger partial charge in [-0.3, -0.25) is 9.69 Å². The highest BCUT2D eigenvalue weighted by atomic mass is 32.1. The van der Waals surface area contributed by atoms with Crippen LogP contribution in [0, 0.1) is 5.92 Å². The molecule has 116 valence electrons. The number of anilines is 1. The van der Waals surface area contributed by atoms with Gasteiger partial charge in [0.15, 0.2) is 5.13 Å². The molecule has 1 amide bonds. The number of thiazole rings is 1. The lowest BCUT2D eigenvalue weighted by Crippen LogP contribution is -2.35. The molecule has 0 saturated carbocycles. The summed E-state index contributed by atoms with van der Waals surface area (Å²) in [5.74, 6) is 0.135. The Bertz CT molecular complexity index is 468. The predicted octanol–water partition coefficient (Wildman–Crippen LogP) is 1.34. The van der Waals surface area contributed by atoms with Crippen molar-refractivity contribution >= 4 is 22.4 Å². The molecule has 2 saturated heterocycles. The molecule has 1 N–H and O–H groups in total. The lowest BCUT2D eigenvalue weighted by molar-refractivity contribution is -0.122. The molecule has 2 aliphatic heterocycles. The Morgan fingerprint density at radius 2 is 2.00 bits per heavy atom. The van der Waals surface area contributed by atoms with Crippen LogP contribution in [0.25, 0.3) is 0 Å². The van der Waals surface area contributed by atoms with Gasteiger partial charge in [0, 0.05) is 44.1 Å². The first-order chi connectivity index (χ1) is 10.3. The summed E-state index contributed by atoms with van der Waals surface area (Å²) in [4.78, 5) is 19.0. The van der Waals surface area contributed by atoms with Crippen molar-refractivity contribution in [2.45, 2.75) is 19.4 Å². The number of carbonyl (C=O) groups is 1. The molecule has 1 aromatic heterocycles. The summed E-state index contributed by atoms with van der Waals surface area (Å²) in [5.41, 5.74) is 1.02. The Hall–Kier alpha value is -1.02. The molecule has 0 atom stereocenters. The fraction of sp³-hybridized carbons (Fsp3) is 0.714. The maximum atomic E-state index is 12.1. The molecule has 0 aromatic carbocycles. The van der Waals surface area contributed by atoms with Crippen LogP contribution in [0.1, 0.15) is 18.5 Å². The topological polar surface area (TPSA) is 63.7 Å². The van der Waals surface area contributed by atoms with Gasteiger partial charge in [-0.15, -0.1) is 11.3 Å². The normalized spacial score (nSPS) is 21.3. The standard InChI is InChI=1S/C14H21N3O3S/c18-13(11-1-5-19-6-2-11)16-14-15-12(10-21-14)9-17-3-7-20-8-4-17/h10-11H,1-9H2,(H,15,16,18). The van der Waals surface area contributed by atoms with E-state index in [1.54, 1.807) is 0 Å². The molecule has 2 fully saturated rings. The minimum Gasteiger partial charge on any atom is -0.381 e. The van der Waals surface area contributed by atoms with E-state index in [1.165, 1.54) is 11.3 Å². The smallest absolute Gasteiger partial charge is 0.229 e. The van der Waals surface area contributed by atoms with Crippen molar-refractivity contribution in [3.63, 3.8) is 0 Å². The molecule has 1 aromatic rings. The number of ether oxygens (including phenoxy) is 2. The Balaban J connectivity index is 1.50. The molecule has 21 heavy (non-hydrogen) atoms. The molecule has 0 aliphatic carbocycles. The number of nitrogens with zero attached hydrogens (tertiary/aromatic N) is 2. The van der Waals surface area contributed by atoms with Crippen LogP contribution in [0.2, 0.25) is 0 Å². The summed E-state index contributed by atoms with van der Waals surface area (Å²) in [6, 6.07) is 0. The SMILES string of the molecule is O=C(Nc1nc(CN2CCOCC2)cs1)C1CCOCC1. The molecular formula is C14H21N3O3S. The van der Waals surface area contributed by atoms with Gasteiger partial charge in [-0.25, -0.2) is 4.98 Å². The summed E-state index contributed by atoms with van der Waals surface area (Å²) >= 11 is 1.50. The van der Waals surface area contributed by atoms with Crippen LogP contribution in [0.5, 0.6) is 0 Å². The molecule has 2 aliphatic rings. The second-order valence-electron chi connectivity index (χ2n) is 5.41. The monoisotopic (exact) mass is 311 g/mol. The third-order valence-corrected chi connectivity index (χ3v) is 4.67. The van der Waals surface area contributed by atoms with Crippen molar-refractivity contribution in [3.8, 4) is 0 Å². The first-order valence-electron chi connectivity index (χ1n) is 7.44. The van der Waals surface area contributed by atoms with Gasteiger partial charge in [0.25, 0.3) is 0 Å². The van der Waals surface area contributed by atoms with Gasteiger partial charge in [0.05, 0.1) is 18.9 Å². The molecule has 0 spiro atoms. The summed E-state index contributed by atoms with van der Waals surface area (Å²) in [6.07, 6.45) is 1.61. The first-order valence-corrected chi connectivity index (χ1v) is 8.32.